The molecule has 20 heavy (non-hydrogen) atoms. The molecule has 3 aromatic carbocycles. The molecule has 0 fully saturated rings. The van der Waals surface area contributed by atoms with Gasteiger partial charge in [0.2, 0.25) is 0 Å². The van der Waals surface area contributed by atoms with E-state index >= 15 is 0 Å². The summed E-state index contributed by atoms with van der Waals surface area (Å²) in [4.78, 5) is 0. The number of halogens is 2. The van der Waals surface area contributed by atoms with Crippen molar-refractivity contribution in [1.82, 2.24) is 0 Å². The Hall–Kier alpha value is -0.617. The molecule has 0 spiro atoms. The molecule has 0 heterocycles. The Balaban J connectivity index is -0.000000246. The van der Waals surface area contributed by atoms with E-state index in [1.54, 1.807) is 0 Å². The molecule has 106 valence electrons. The summed E-state index contributed by atoms with van der Waals surface area (Å²) in [6.07, 6.45) is 0. The standard InChI is InChI=1S/C9H7.C7H7.CH3.2ClH.Zr/c1-2-5-9-7-3-6-8(9)4-1;1-7-5-3-2-4-6-7;;;;/h1-7H;2-6H,1H2;1H3;2*1H;/q3*-1;;;+2/p-2. The molecule has 0 radical (unpaired) electrons. The number of fused-ring (bicyclic) bond motifs is 1. The molecule has 0 amide bonds. The van der Waals surface area contributed by atoms with Crippen LogP contribution in [0.3, 0.4) is 0 Å². The molecule has 0 N–H and O–H groups in total. The fourth-order valence-corrected chi connectivity index (χ4v) is 1.55. The van der Waals surface area contributed by atoms with Crippen molar-refractivity contribution in [3.8, 4) is 0 Å². The van der Waals surface area contributed by atoms with Crippen molar-refractivity contribution in [2.24, 2.45) is 0 Å². The number of hydrogen-bond acceptors (Lipinski definition) is 0. The van der Waals surface area contributed by atoms with Crippen LogP contribution in [0.5, 0.6) is 0 Å². The topological polar surface area (TPSA) is 0 Å². The maximum absolute atomic E-state index is 3.72. The summed E-state index contributed by atoms with van der Waals surface area (Å²) >= 11 is 0. The van der Waals surface area contributed by atoms with Crippen molar-refractivity contribution in [3.63, 3.8) is 0 Å². The van der Waals surface area contributed by atoms with E-state index in [0.717, 1.165) is 5.56 Å². The van der Waals surface area contributed by atoms with E-state index in [4.69, 9.17) is 0 Å². The maximum atomic E-state index is 3.72. The molecular weight excluding hydrogens is 366 g/mol. The van der Waals surface area contributed by atoms with Gasteiger partial charge in [0.15, 0.2) is 0 Å². The van der Waals surface area contributed by atoms with Crippen LogP contribution in [-0.2, 0) is 26.2 Å². The predicted octanol–water partition coefficient (Wildman–Crippen LogP) is -1.12. The van der Waals surface area contributed by atoms with Gasteiger partial charge in [-0.15, -0.1) is 41.8 Å². The van der Waals surface area contributed by atoms with Crippen molar-refractivity contribution in [1.29, 1.82) is 0 Å². The monoisotopic (exact) mass is 381 g/mol. The van der Waals surface area contributed by atoms with Gasteiger partial charge in [-0.1, -0.05) is 12.1 Å². The molecule has 0 bridgehead atoms. The minimum absolute atomic E-state index is 0. The first-order valence-corrected chi connectivity index (χ1v) is 5.34. The van der Waals surface area contributed by atoms with Crippen LogP contribution in [-0.4, -0.2) is 0 Å². The Labute approximate surface area is 153 Å². The summed E-state index contributed by atoms with van der Waals surface area (Å²) in [6.45, 7) is 3.72. The van der Waals surface area contributed by atoms with Crippen LogP contribution in [0.1, 0.15) is 5.56 Å². The number of benzene rings is 2. The summed E-state index contributed by atoms with van der Waals surface area (Å²) in [5.74, 6) is 0. The van der Waals surface area contributed by atoms with Gasteiger partial charge in [0, 0.05) is 0 Å². The van der Waals surface area contributed by atoms with Gasteiger partial charge in [-0.25, -0.2) is 0 Å². The third kappa shape index (κ3) is 7.85. The first-order valence-electron chi connectivity index (χ1n) is 5.34. The normalized spacial score (nSPS) is 7.60. The van der Waals surface area contributed by atoms with Crippen molar-refractivity contribution in [3.05, 3.63) is 92.7 Å². The van der Waals surface area contributed by atoms with Gasteiger partial charge in [0.05, 0.1) is 0 Å². The Morgan fingerprint density at radius 2 is 1.30 bits per heavy atom. The van der Waals surface area contributed by atoms with Crippen LogP contribution in [0, 0.1) is 14.4 Å². The average Bonchev–Trinajstić information content (AvgIpc) is 2.79. The molecule has 3 aromatic rings. The maximum Gasteiger partial charge on any atom is 2.00 e. The molecular formula is C17H17Cl2Zr-3. The fraction of sp³-hybridized carbons (Fsp3) is 0. The second kappa shape index (κ2) is 13.4. The molecule has 0 saturated heterocycles. The molecule has 0 aromatic heterocycles. The van der Waals surface area contributed by atoms with Crippen molar-refractivity contribution in [2.45, 2.75) is 0 Å². The Morgan fingerprint density at radius 3 is 1.80 bits per heavy atom. The van der Waals surface area contributed by atoms with Crippen LogP contribution in [0.4, 0.5) is 0 Å². The summed E-state index contributed by atoms with van der Waals surface area (Å²) in [6, 6.07) is 24.5. The summed E-state index contributed by atoms with van der Waals surface area (Å²) in [5, 5.41) is 2.66. The largest absolute Gasteiger partial charge is 2.00 e. The molecule has 0 saturated carbocycles. The summed E-state index contributed by atoms with van der Waals surface area (Å²) in [5.41, 5.74) is 1.07. The first kappa shape index (κ1) is 24.4. The fourth-order valence-electron chi connectivity index (χ4n) is 1.55. The van der Waals surface area contributed by atoms with Gasteiger partial charge < -0.3 is 32.2 Å². The van der Waals surface area contributed by atoms with Gasteiger partial charge in [0.1, 0.15) is 0 Å². The zero-order valence-corrected chi connectivity index (χ0v) is 15.4. The quantitative estimate of drug-likeness (QED) is 0.432. The van der Waals surface area contributed by atoms with Crippen LogP contribution >= 0.6 is 0 Å². The first-order chi connectivity index (χ1) is 7.86. The molecule has 0 unspecified atom stereocenters. The van der Waals surface area contributed by atoms with Gasteiger partial charge in [-0.2, -0.15) is 42.1 Å². The number of hydrogen-bond donors (Lipinski definition) is 0. The second-order valence-electron chi connectivity index (χ2n) is 3.64. The minimum atomic E-state index is 0. The van der Waals surface area contributed by atoms with Crippen LogP contribution < -0.4 is 24.8 Å². The average molecular weight is 383 g/mol. The predicted molar refractivity (Wildman–Crippen MR) is 76.9 cm³/mol. The Morgan fingerprint density at radius 1 is 0.750 bits per heavy atom. The van der Waals surface area contributed by atoms with Gasteiger partial charge in [-0.3, -0.25) is 0 Å². The van der Waals surface area contributed by atoms with E-state index in [9.17, 15) is 0 Å². The molecule has 0 aliphatic carbocycles. The molecule has 0 atom stereocenters. The third-order valence-corrected chi connectivity index (χ3v) is 2.39. The SMILES string of the molecule is [CH2-]c1ccccc1.[CH3-].[Cl-].[Cl-].[Zr+2].c1ccc2[cH-]ccc2c1. The molecule has 3 heteroatoms. The van der Waals surface area contributed by atoms with Crippen LogP contribution in [0.15, 0.2) is 72.8 Å². The molecule has 0 nitrogen and oxygen atoms in total. The minimum Gasteiger partial charge on any atom is -1.00 e. The van der Waals surface area contributed by atoms with Gasteiger partial charge in [0.25, 0.3) is 0 Å². The van der Waals surface area contributed by atoms with E-state index in [-0.39, 0.29) is 58.4 Å². The Bertz CT molecular complexity index is 517. The number of rotatable bonds is 0. The van der Waals surface area contributed by atoms with Crippen molar-refractivity contribution < 1.29 is 51.0 Å². The summed E-state index contributed by atoms with van der Waals surface area (Å²) in [7, 11) is 0. The van der Waals surface area contributed by atoms with Gasteiger partial charge in [-0.05, 0) is 0 Å². The summed E-state index contributed by atoms with van der Waals surface area (Å²) < 4.78 is 0. The molecule has 3 rings (SSSR count). The van der Waals surface area contributed by atoms with E-state index in [2.05, 4.69) is 49.4 Å². The Kier molecular flexibility index (Phi) is 16.3. The van der Waals surface area contributed by atoms with E-state index in [1.807, 2.05) is 30.3 Å². The molecule has 0 aliphatic rings. The van der Waals surface area contributed by atoms with Crippen LogP contribution in [0.2, 0.25) is 0 Å². The molecule has 0 aliphatic heterocycles. The third-order valence-electron chi connectivity index (χ3n) is 2.39. The van der Waals surface area contributed by atoms with Crippen LogP contribution in [0.25, 0.3) is 10.8 Å². The van der Waals surface area contributed by atoms with E-state index in [1.165, 1.54) is 10.8 Å². The van der Waals surface area contributed by atoms with Crippen molar-refractivity contribution >= 4 is 10.8 Å². The zero-order valence-electron chi connectivity index (χ0n) is 11.4. The smallest absolute Gasteiger partial charge is 1.00 e. The van der Waals surface area contributed by atoms with Crippen molar-refractivity contribution in [2.75, 3.05) is 0 Å². The van der Waals surface area contributed by atoms with E-state index < -0.39 is 0 Å². The zero-order chi connectivity index (χ0) is 11.2. The second-order valence-corrected chi connectivity index (χ2v) is 3.64. The van der Waals surface area contributed by atoms with E-state index in [0.29, 0.717) is 0 Å². The van der Waals surface area contributed by atoms with Gasteiger partial charge >= 0.3 is 26.2 Å².